The highest BCUT2D eigenvalue weighted by atomic mass is 28.4. The van der Waals surface area contributed by atoms with Gasteiger partial charge >= 0.3 is 0 Å². The zero-order valence-electron chi connectivity index (χ0n) is 13.7. The highest BCUT2D eigenvalue weighted by molar-refractivity contribution is 6.74. The van der Waals surface area contributed by atoms with Gasteiger partial charge in [-0.15, -0.1) is 0 Å². The van der Waals surface area contributed by atoms with E-state index in [9.17, 15) is 4.79 Å². The van der Waals surface area contributed by atoms with Gasteiger partial charge in [0.2, 0.25) is 0 Å². The number of nitrogens with zero attached hydrogens (tertiary/aromatic N) is 1. The second-order valence-electron chi connectivity index (χ2n) is 7.00. The number of para-hydroxylation sites is 1. The number of fused-ring (bicyclic) bond motifs is 1. The van der Waals surface area contributed by atoms with Crippen molar-refractivity contribution >= 4 is 25.6 Å². The van der Waals surface area contributed by atoms with Crippen molar-refractivity contribution in [3.8, 4) is 0 Å². The molecule has 0 saturated heterocycles. The molecule has 4 nitrogen and oxygen atoms in total. The van der Waals surface area contributed by atoms with E-state index in [1.54, 1.807) is 0 Å². The molecule has 0 amide bonds. The number of H-pyrrole nitrogens is 1. The Balaban J connectivity index is 2.38. The summed E-state index contributed by atoms with van der Waals surface area (Å²) < 4.78 is 6.44. The number of carbonyl (C=O) groups is 1. The van der Waals surface area contributed by atoms with E-state index in [0.29, 0.717) is 5.82 Å². The van der Waals surface area contributed by atoms with E-state index in [1.807, 2.05) is 18.2 Å². The normalized spacial score (nSPS) is 14.4. The second-order valence-corrected chi connectivity index (χ2v) is 11.8. The van der Waals surface area contributed by atoms with E-state index in [4.69, 9.17) is 4.43 Å². The molecule has 114 valence electrons. The van der Waals surface area contributed by atoms with Crippen molar-refractivity contribution in [1.29, 1.82) is 0 Å². The summed E-state index contributed by atoms with van der Waals surface area (Å²) >= 11 is 0. The summed E-state index contributed by atoms with van der Waals surface area (Å²) in [6.45, 7) is 13.2. The lowest BCUT2D eigenvalue weighted by atomic mass is 10.1. The van der Waals surface area contributed by atoms with Crippen LogP contribution in [-0.4, -0.2) is 24.6 Å². The number of carbonyl (C=O) groups excluding carboxylic acids is 1. The summed E-state index contributed by atoms with van der Waals surface area (Å²) in [5.41, 5.74) is 2.73. The van der Waals surface area contributed by atoms with Gasteiger partial charge in [0.25, 0.3) is 0 Å². The summed E-state index contributed by atoms with van der Waals surface area (Å²) in [5, 5.41) is 0.161. The van der Waals surface area contributed by atoms with Crippen LogP contribution in [0.3, 0.4) is 0 Å². The van der Waals surface area contributed by atoms with E-state index in [0.717, 1.165) is 22.9 Å². The third-order valence-corrected chi connectivity index (χ3v) is 8.94. The molecule has 1 aromatic carbocycles. The van der Waals surface area contributed by atoms with Crippen molar-refractivity contribution in [2.45, 2.75) is 51.9 Å². The Morgan fingerprint density at radius 3 is 2.57 bits per heavy atom. The minimum Gasteiger partial charge on any atom is -0.410 e. The lowest BCUT2D eigenvalue weighted by molar-refractivity contribution is 0.111. The summed E-state index contributed by atoms with van der Waals surface area (Å²) in [5.74, 6) is 0.358. The fourth-order valence-electron chi connectivity index (χ4n) is 2.14. The first kappa shape index (κ1) is 15.9. The van der Waals surface area contributed by atoms with Crippen LogP contribution in [-0.2, 0) is 4.43 Å². The number of nitrogens with one attached hydrogen (secondary N) is 1. The van der Waals surface area contributed by atoms with Crippen LogP contribution in [0, 0.1) is 0 Å². The Morgan fingerprint density at radius 2 is 2.00 bits per heavy atom. The lowest BCUT2D eigenvalue weighted by Crippen LogP contribution is -2.41. The van der Waals surface area contributed by atoms with Crippen LogP contribution in [0.5, 0.6) is 0 Å². The standard InChI is InChI=1S/C16H24N2O2Si/c1-11(20-21(5,6)16(2,3)4)12-8-7-9-13-15(12)18-14(10-19)17-13/h7-11H,1-6H3,(H,17,18). The molecule has 0 aliphatic carbocycles. The molecule has 2 aromatic rings. The molecule has 1 unspecified atom stereocenters. The largest absolute Gasteiger partial charge is 0.410 e. The molecule has 1 aromatic heterocycles. The molecule has 1 atom stereocenters. The zero-order valence-corrected chi connectivity index (χ0v) is 14.7. The number of aldehydes is 1. The van der Waals surface area contributed by atoms with Gasteiger partial charge in [-0.25, -0.2) is 4.98 Å². The zero-order chi connectivity index (χ0) is 15.8. The van der Waals surface area contributed by atoms with Crippen LogP contribution in [0.25, 0.3) is 11.0 Å². The summed E-state index contributed by atoms with van der Waals surface area (Å²) in [4.78, 5) is 18.3. The maximum absolute atomic E-state index is 10.9. The molecule has 1 N–H and O–H groups in total. The van der Waals surface area contributed by atoms with Crippen LogP contribution in [0.15, 0.2) is 18.2 Å². The Labute approximate surface area is 127 Å². The topological polar surface area (TPSA) is 55.0 Å². The number of imidazole rings is 1. The average Bonchev–Trinajstić information content (AvgIpc) is 2.79. The van der Waals surface area contributed by atoms with Crippen LogP contribution in [0.1, 0.15) is 50.0 Å². The molecule has 0 bridgehead atoms. The molecule has 0 spiro atoms. The van der Waals surface area contributed by atoms with E-state index in [2.05, 4.69) is 50.8 Å². The smallest absolute Gasteiger partial charge is 0.192 e. The molecule has 21 heavy (non-hydrogen) atoms. The number of hydrogen-bond acceptors (Lipinski definition) is 3. The predicted octanol–water partition coefficient (Wildman–Crippen LogP) is 4.46. The van der Waals surface area contributed by atoms with Crippen LogP contribution in [0.4, 0.5) is 0 Å². The summed E-state index contributed by atoms with van der Waals surface area (Å²) in [6.07, 6.45) is 0.695. The molecular formula is C16H24N2O2Si. The van der Waals surface area contributed by atoms with Gasteiger partial charge in [0.15, 0.2) is 20.4 Å². The highest BCUT2D eigenvalue weighted by Crippen LogP contribution is 2.40. The Kier molecular flexibility index (Phi) is 4.08. The van der Waals surface area contributed by atoms with Gasteiger partial charge in [-0.05, 0) is 31.1 Å². The van der Waals surface area contributed by atoms with Gasteiger partial charge in [0, 0.05) is 5.56 Å². The minimum atomic E-state index is -1.85. The Hall–Kier alpha value is -1.46. The number of aromatic amines is 1. The van der Waals surface area contributed by atoms with Crippen molar-refractivity contribution in [3.63, 3.8) is 0 Å². The highest BCUT2D eigenvalue weighted by Gasteiger charge is 2.38. The second kappa shape index (κ2) is 5.39. The maximum Gasteiger partial charge on any atom is 0.192 e. The molecule has 5 heteroatoms. The van der Waals surface area contributed by atoms with Crippen LogP contribution in [0.2, 0.25) is 18.1 Å². The van der Waals surface area contributed by atoms with Crippen LogP contribution < -0.4 is 0 Å². The van der Waals surface area contributed by atoms with E-state index >= 15 is 0 Å². The number of benzene rings is 1. The first-order chi connectivity index (χ1) is 9.65. The first-order valence-electron chi connectivity index (χ1n) is 7.27. The predicted molar refractivity (Wildman–Crippen MR) is 88.2 cm³/mol. The summed E-state index contributed by atoms with van der Waals surface area (Å²) in [6, 6.07) is 5.92. The molecule has 0 aliphatic rings. The third kappa shape index (κ3) is 3.08. The third-order valence-electron chi connectivity index (χ3n) is 4.39. The monoisotopic (exact) mass is 304 g/mol. The Morgan fingerprint density at radius 1 is 1.33 bits per heavy atom. The average molecular weight is 304 g/mol. The fourth-order valence-corrected chi connectivity index (χ4v) is 3.50. The quantitative estimate of drug-likeness (QED) is 0.670. The lowest BCUT2D eigenvalue weighted by Gasteiger charge is -2.38. The van der Waals surface area contributed by atoms with Gasteiger partial charge in [-0.3, -0.25) is 4.79 Å². The number of aromatic nitrogens is 2. The van der Waals surface area contributed by atoms with Crippen molar-refractivity contribution in [2.75, 3.05) is 0 Å². The van der Waals surface area contributed by atoms with Crippen LogP contribution >= 0.6 is 0 Å². The maximum atomic E-state index is 10.9. The molecule has 0 aliphatic heterocycles. The van der Waals surface area contributed by atoms with Crippen molar-refractivity contribution in [2.24, 2.45) is 0 Å². The van der Waals surface area contributed by atoms with Crippen molar-refractivity contribution in [3.05, 3.63) is 29.6 Å². The van der Waals surface area contributed by atoms with Gasteiger partial charge in [0.1, 0.15) is 0 Å². The first-order valence-corrected chi connectivity index (χ1v) is 10.2. The molecule has 0 saturated carbocycles. The number of rotatable bonds is 4. The molecule has 2 rings (SSSR count). The summed E-state index contributed by atoms with van der Waals surface area (Å²) in [7, 11) is -1.85. The minimum absolute atomic E-state index is 0.0441. The van der Waals surface area contributed by atoms with E-state index in [1.165, 1.54) is 0 Å². The number of hydrogen-bond donors (Lipinski definition) is 1. The van der Waals surface area contributed by atoms with Crippen molar-refractivity contribution < 1.29 is 9.22 Å². The molecule has 0 fully saturated rings. The Bertz CT molecular complexity index is 656. The van der Waals surface area contributed by atoms with Gasteiger partial charge in [-0.2, -0.15) is 0 Å². The fraction of sp³-hybridized carbons (Fsp3) is 0.500. The SMILES string of the molecule is CC(O[Si](C)(C)C(C)(C)C)c1cccc2[nH]c(C=O)nc12. The van der Waals surface area contributed by atoms with E-state index in [-0.39, 0.29) is 11.1 Å². The van der Waals surface area contributed by atoms with Gasteiger partial charge < -0.3 is 9.41 Å². The van der Waals surface area contributed by atoms with E-state index < -0.39 is 8.32 Å². The van der Waals surface area contributed by atoms with Crippen molar-refractivity contribution in [1.82, 2.24) is 9.97 Å². The van der Waals surface area contributed by atoms with Gasteiger partial charge in [-0.1, -0.05) is 32.9 Å². The molecular weight excluding hydrogens is 280 g/mol. The molecule has 0 radical (unpaired) electrons. The molecule has 1 heterocycles. The van der Waals surface area contributed by atoms with Gasteiger partial charge in [0.05, 0.1) is 17.1 Å².